The molecule has 1 amide bonds. The summed E-state index contributed by atoms with van der Waals surface area (Å²) in [5.74, 6) is 1.01. The zero-order valence-corrected chi connectivity index (χ0v) is 22.2. The highest BCUT2D eigenvalue weighted by Gasteiger charge is 2.20. The number of ether oxygens (including phenoxy) is 1. The van der Waals surface area contributed by atoms with Crippen LogP contribution < -0.4 is 4.74 Å². The van der Waals surface area contributed by atoms with Crippen molar-refractivity contribution < 1.29 is 9.53 Å². The highest BCUT2D eigenvalue weighted by Crippen LogP contribution is 2.27. The van der Waals surface area contributed by atoms with Crippen LogP contribution in [0.2, 0.25) is 0 Å². The lowest BCUT2D eigenvalue weighted by molar-refractivity contribution is -0.127. The molecule has 1 aliphatic heterocycles. The minimum Gasteiger partial charge on any atom is -0.497 e. The molecule has 36 heavy (non-hydrogen) atoms. The first-order valence-electron chi connectivity index (χ1n) is 13.0. The second kappa shape index (κ2) is 12.2. The van der Waals surface area contributed by atoms with E-state index < -0.39 is 0 Å². The van der Waals surface area contributed by atoms with Crippen molar-refractivity contribution in [1.29, 1.82) is 0 Å². The number of para-hydroxylation sites is 1. The van der Waals surface area contributed by atoms with Crippen LogP contribution in [0.1, 0.15) is 23.2 Å². The normalized spacial score (nSPS) is 14.9. The number of aryl methyl sites for hydroxylation is 1. The van der Waals surface area contributed by atoms with E-state index in [4.69, 9.17) is 4.74 Å². The number of hydrogen-bond acceptors (Lipinski definition) is 4. The molecule has 6 nitrogen and oxygen atoms in total. The van der Waals surface area contributed by atoms with Crippen molar-refractivity contribution in [3.63, 3.8) is 0 Å². The van der Waals surface area contributed by atoms with E-state index in [1.165, 1.54) is 22.2 Å². The summed E-state index contributed by atoms with van der Waals surface area (Å²) < 4.78 is 7.73. The molecule has 0 spiro atoms. The van der Waals surface area contributed by atoms with Crippen LogP contribution in [0.15, 0.2) is 54.6 Å². The largest absolute Gasteiger partial charge is 0.497 e. The number of carbonyl (C=O) groups is 1. The highest BCUT2D eigenvalue weighted by molar-refractivity contribution is 5.97. The Morgan fingerprint density at radius 1 is 1.03 bits per heavy atom. The zero-order valence-electron chi connectivity index (χ0n) is 22.2. The predicted octanol–water partition coefficient (Wildman–Crippen LogP) is 4.31. The van der Waals surface area contributed by atoms with E-state index in [1.54, 1.807) is 13.2 Å². The van der Waals surface area contributed by atoms with Gasteiger partial charge in [0.05, 0.1) is 7.11 Å². The van der Waals surface area contributed by atoms with Crippen LogP contribution in [-0.2, 0) is 17.8 Å². The molecule has 1 aromatic heterocycles. The van der Waals surface area contributed by atoms with Gasteiger partial charge in [0.25, 0.3) is 0 Å². The maximum atomic E-state index is 13.0. The molecule has 3 aromatic rings. The summed E-state index contributed by atoms with van der Waals surface area (Å²) in [7, 11) is 5.93. The van der Waals surface area contributed by atoms with Crippen molar-refractivity contribution >= 4 is 22.9 Å². The number of piperazine rings is 1. The van der Waals surface area contributed by atoms with Crippen LogP contribution in [-0.4, -0.2) is 85.6 Å². The molecule has 0 N–H and O–H groups in total. The fourth-order valence-corrected chi connectivity index (χ4v) is 5.07. The highest BCUT2D eigenvalue weighted by atomic mass is 16.5. The lowest BCUT2D eigenvalue weighted by Gasteiger charge is -2.34. The van der Waals surface area contributed by atoms with Crippen molar-refractivity contribution in [1.82, 2.24) is 19.3 Å². The molecule has 1 aliphatic rings. The van der Waals surface area contributed by atoms with Crippen molar-refractivity contribution in [2.45, 2.75) is 26.3 Å². The molecule has 0 aliphatic carbocycles. The number of amides is 1. The van der Waals surface area contributed by atoms with Gasteiger partial charge in [0, 0.05) is 67.5 Å². The smallest absolute Gasteiger partial charge is 0.246 e. The van der Waals surface area contributed by atoms with Gasteiger partial charge in [0.1, 0.15) is 5.75 Å². The minimum atomic E-state index is 0.103. The van der Waals surface area contributed by atoms with E-state index in [0.29, 0.717) is 0 Å². The van der Waals surface area contributed by atoms with Gasteiger partial charge in [0.2, 0.25) is 5.91 Å². The number of fused-ring (bicyclic) bond motifs is 1. The Labute approximate surface area is 215 Å². The predicted molar refractivity (Wildman–Crippen MR) is 149 cm³/mol. The first-order valence-corrected chi connectivity index (χ1v) is 13.0. The molecule has 2 heterocycles. The summed E-state index contributed by atoms with van der Waals surface area (Å²) in [5, 5.41) is 1.21. The van der Waals surface area contributed by atoms with Gasteiger partial charge in [-0.1, -0.05) is 30.3 Å². The Morgan fingerprint density at radius 2 is 1.81 bits per heavy atom. The second-order valence-electron chi connectivity index (χ2n) is 9.93. The van der Waals surface area contributed by atoms with Gasteiger partial charge in [-0.15, -0.1) is 0 Å². The van der Waals surface area contributed by atoms with Gasteiger partial charge in [-0.2, -0.15) is 0 Å². The third kappa shape index (κ3) is 6.37. The molecule has 0 radical (unpaired) electrons. The van der Waals surface area contributed by atoms with Crippen LogP contribution in [0.25, 0.3) is 17.0 Å². The fraction of sp³-hybridized carbons (Fsp3) is 0.433. The Morgan fingerprint density at radius 3 is 2.56 bits per heavy atom. The molecule has 192 valence electrons. The molecule has 1 fully saturated rings. The monoisotopic (exact) mass is 488 g/mol. The molecular weight excluding hydrogens is 448 g/mol. The van der Waals surface area contributed by atoms with Crippen molar-refractivity contribution in [3.05, 3.63) is 71.4 Å². The van der Waals surface area contributed by atoms with Crippen LogP contribution in [0.5, 0.6) is 5.75 Å². The van der Waals surface area contributed by atoms with Gasteiger partial charge >= 0.3 is 0 Å². The maximum Gasteiger partial charge on any atom is 0.246 e. The van der Waals surface area contributed by atoms with Gasteiger partial charge in [-0.3, -0.25) is 9.69 Å². The van der Waals surface area contributed by atoms with Gasteiger partial charge in [-0.25, -0.2) is 0 Å². The second-order valence-corrected chi connectivity index (χ2v) is 9.93. The van der Waals surface area contributed by atoms with Crippen LogP contribution in [0.3, 0.4) is 0 Å². The zero-order chi connectivity index (χ0) is 25.5. The topological polar surface area (TPSA) is 41.0 Å². The van der Waals surface area contributed by atoms with Gasteiger partial charge in [-0.05, 0) is 70.2 Å². The Hall–Kier alpha value is -3.09. The van der Waals surface area contributed by atoms with Gasteiger partial charge in [0.15, 0.2) is 0 Å². The number of hydrogen-bond donors (Lipinski definition) is 0. The molecule has 6 heteroatoms. The summed E-state index contributed by atoms with van der Waals surface area (Å²) in [6, 6.07) is 16.8. The van der Waals surface area contributed by atoms with Crippen molar-refractivity contribution in [2.24, 2.45) is 0 Å². The number of carbonyl (C=O) groups excluding carboxylic acids is 1. The molecule has 0 saturated carbocycles. The van der Waals surface area contributed by atoms with Crippen LogP contribution in [0.4, 0.5) is 0 Å². The van der Waals surface area contributed by atoms with E-state index in [-0.39, 0.29) is 5.91 Å². The average molecular weight is 489 g/mol. The summed E-state index contributed by atoms with van der Waals surface area (Å²) in [4.78, 5) is 19.7. The molecule has 0 bridgehead atoms. The summed E-state index contributed by atoms with van der Waals surface area (Å²) >= 11 is 0. The van der Waals surface area contributed by atoms with Crippen molar-refractivity contribution in [3.8, 4) is 5.75 Å². The summed E-state index contributed by atoms with van der Waals surface area (Å²) in [6.45, 7) is 8.56. The third-order valence-corrected chi connectivity index (χ3v) is 7.19. The number of aromatic nitrogens is 1. The molecule has 2 aromatic carbocycles. The van der Waals surface area contributed by atoms with E-state index >= 15 is 0 Å². The summed E-state index contributed by atoms with van der Waals surface area (Å²) in [5.41, 5.74) is 4.90. The number of methoxy groups -OCH3 is 1. The van der Waals surface area contributed by atoms with Crippen LogP contribution >= 0.6 is 0 Å². The SMILES string of the molecule is COc1cccc(CCN2CCN(C(=O)/C=C/c3c(C)n(CCCN(C)C)c4ccccc34)CC2)c1. The van der Waals surface area contributed by atoms with E-state index in [9.17, 15) is 4.79 Å². The Bertz CT molecular complexity index is 1190. The van der Waals surface area contributed by atoms with E-state index in [0.717, 1.165) is 70.0 Å². The molecule has 0 atom stereocenters. The summed E-state index contributed by atoms with van der Waals surface area (Å²) in [6.07, 6.45) is 5.88. The van der Waals surface area contributed by atoms with E-state index in [1.807, 2.05) is 23.1 Å². The lowest BCUT2D eigenvalue weighted by atomic mass is 10.1. The minimum absolute atomic E-state index is 0.103. The maximum absolute atomic E-state index is 13.0. The standard InChI is InChI=1S/C30H40N4O2/c1-24-27(28-11-5-6-12-29(28)34(24)17-8-16-31(2)3)13-14-30(35)33-21-19-32(20-22-33)18-15-25-9-7-10-26(23-25)36-4/h5-7,9-14,23H,8,15-22H2,1-4H3/b14-13+. The lowest BCUT2D eigenvalue weighted by Crippen LogP contribution is -2.48. The Kier molecular flexibility index (Phi) is 8.83. The van der Waals surface area contributed by atoms with Crippen LogP contribution in [0, 0.1) is 6.92 Å². The number of rotatable bonds is 10. The molecule has 0 unspecified atom stereocenters. The fourth-order valence-electron chi connectivity index (χ4n) is 5.07. The molecule has 4 rings (SSSR count). The number of nitrogens with zero attached hydrogens (tertiary/aromatic N) is 4. The molecular formula is C30H40N4O2. The molecule has 1 saturated heterocycles. The first kappa shape index (κ1) is 26.0. The quantitative estimate of drug-likeness (QED) is 0.399. The third-order valence-electron chi connectivity index (χ3n) is 7.19. The van der Waals surface area contributed by atoms with E-state index in [2.05, 4.69) is 71.8 Å². The first-order chi connectivity index (χ1) is 17.5. The average Bonchev–Trinajstić information content (AvgIpc) is 3.16. The van der Waals surface area contributed by atoms with Crippen molar-refractivity contribution in [2.75, 3.05) is 60.5 Å². The number of benzene rings is 2. The Balaban J connectivity index is 1.34. The van der Waals surface area contributed by atoms with Gasteiger partial charge < -0.3 is 19.1 Å².